The third kappa shape index (κ3) is 1.30. The van der Waals surface area contributed by atoms with Crippen LogP contribution in [0, 0.1) is 6.57 Å². The van der Waals surface area contributed by atoms with Crippen molar-refractivity contribution in [1.82, 2.24) is 14.5 Å². The van der Waals surface area contributed by atoms with Gasteiger partial charge in [0.05, 0.1) is 10.5 Å². The Morgan fingerprint density at radius 1 is 1.41 bits per heavy atom. The van der Waals surface area contributed by atoms with Gasteiger partial charge < -0.3 is 9.41 Å². The van der Waals surface area contributed by atoms with E-state index in [0.29, 0.717) is 10.8 Å². The van der Waals surface area contributed by atoms with E-state index in [1.54, 1.807) is 24.5 Å². The van der Waals surface area contributed by atoms with Crippen LogP contribution >= 0.6 is 11.6 Å². The molecule has 0 saturated carbocycles. The second kappa shape index (κ2) is 3.44. The summed E-state index contributed by atoms with van der Waals surface area (Å²) < 4.78 is 1.93. The SMILES string of the molecule is [C-]#[N+]c1cc2c3c(Cl)ccnc3n(C)c2cn1. The van der Waals surface area contributed by atoms with E-state index in [4.69, 9.17) is 18.2 Å². The number of hydrogen-bond acceptors (Lipinski definition) is 2. The average Bonchev–Trinajstić information content (AvgIpc) is 2.64. The summed E-state index contributed by atoms with van der Waals surface area (Å²) >= 11 is 6.19. The number of hydrogen-bond donors (Lipinski definition) is 0. The van der Waals surface area contributed by atoms with E-state index in [1.165, 1.54) is 0 Å². The second-order valence-corrected chi connectivity index (χ2v) is 4.13. The fourth-order valence-electron chi connectivity index (χ4n) is 2.01. The Balaban J connectivity index is 2.62. The van der Waals surface area contributed by atoms with Crippen molar-refractivity contribution in [2.75, 3.05) is 0 Å². The average molecular weight is 243 g/mol. The van der Waals surface area contributed by atoms with Gasteiger partial charge in [0.1, 0.15) is 11.8 Å². The molecular weight excluding hydrogens is 236 g/mol. The van der Waals surface area contributed by atoms with Gasteiger partial charge in [0.25, 0.3) is 5.82 Å². The van der Waals surface area contributed by atoms with Gasteiger partial charge in [0, 0.05) is 24.0 Å². The molecule has 17 heavy (non-hydrogen) atoms. The molecule has 3 rings (SSSR count). The first-order chi connectivity index (χ1) is 8.22. The summed E-state index contributed by atoms with van der Waals surface area (Å²) in [7, 11) is 1.91. The molecule has 0 bridgehead atoms. The molecule has 4 nitrogen and oxygen atoms in total. The van der Waals surface area contributed by atoms with Gasteiger partial charge in [-0.1, -0.05) is 18.2 Å². The molecule has 3 heterocycles. The van der Waals surface area contributed by atoms with Gasteiger partial charge in [-0.25, -0.2) is 4.98 Å². The van der Waals surface area contributed by atoms with Crippen LogP contribution < -0.4 is 0 Å². The molecule has 82 valence electrons. The smallest absolute Gasteiger partial charge is 0.270 e. The summed E-state index contributed by atoms with van der Waals surface area (Å²) in [5.74, 6) is 0.366. The fraction of sp³-hybridized carbons (Fsp3) is 0.0833. The minimum absolute atomic E-state index is 0.366. The van der Waals surface area contributed by atoms with E-state index < -0.39 is 0 Å². The van der Waals surface area contributed by atoms with E-state index in [-0.39, 0.29) is 0 Å². The predicted molar refractivity (Wildman–Crippen MR) is 67.3 cm³/mol. The molecule has 0 N–H and O–H groups in total. The lowest BCUT2D eigenvalue weighted by atomic mass is 10.2. The number of halogens is 1. The van der Waals surface area contributed by atoms with Gasteiger partial charge >= 0.3 is 0 Å². The molecule has 0 aliphatic heterocycles. The maximum absolute atomic E-state index is 6.99. The molecule has 0 atom stereocenters. The Morgan fingerprint density at radius 2 is 2.24 bits per heavy atom. The third-order valence-corrected chi connectivity index (χ3v) is 3.13. The van der Waals surface area contributed by atoms with E-state index in [0.717, 1.165) is 21.9 Å². The molecule has 0 aliphatic carbocycles. The van der Waals surface area contributed by atoms with Gasteiger partial charge in [-0.3, -0.25) is 0 Å². The summed E-state index contributed by atoms with van der Waals surface area (Å²) in [5.41, 5.74) is 1.73. The third-order valence-electron chi connectivity index (χ3n) is 2.81. The first-order valence-corrected chi connectivity index (χ1v) is 5.36. The van der Waals surface area contributed by atoms with Crippen LogP contribution in [0.5, 0.6) is 0 Å². The Kier molecular flexibility index (Phi) is 2.03. The summed E-state index contributed by atoms with van der Waals surface area (Å²) in [6, 6.07) is 3.50. The van der Waals surface area contributed by atoms with E-state index in [2.05, 4.69) is 14.8 Å². The topological polar surface area (TPSA) is 35.1 Å². The predicted octanol–water partition coefficient (Wildman–Crippen LogP) is 3.33. The van der Waals surface area contributed by atoms with Crippen LogP contribution in [-0.4, -0.2) is 14.5 Å². The number of nitrogens with zero attached hydrogens (tertiary/aromatic N) is 4. The maximum Gasteiger partial charge on any atom is 0.270 e. The van der Waals surface area contributed by atoms with E-state index >= 15 is 0 Å². The van der Waals surface area contributed by atoms with Crippen molar-refractivity contribution in [3.8, 4) is 0 Å². The summed E-state index contributed by atoms with van der Waals surface area (Å²) in [4.78, 5) is 11.7. The van der Waals surface area contributed by atoms with Crippen molar-refractivity contribution in [3.63, 3.8) is 0 Å². The molecule has 0 radical (unpaired) electrons. The maximum atomic E-state index is 6.99. The highest BCUT2D eigenvalue weighted by atomic mass is 35.5. The first-order valence-electron chi connectivity index (χ1n) is 4.98. The quantitative estimate of drug-likeness (QED) is 0.567. The van der Waals surface area contributed by atoms with Crippen molar-refractivity contribution in [3.05, 3.63) is 41.0 Å². The van der Waals surface area contributed by atoms with Gasteiger partial charge in [-0.15, -0.1) is 4.98 Å². The molecule has 0 amide bonds. The number of aromatic nitrogens is 3. The first kappa shape index (κ1) is 10.1. The van der Waals surface area contributed by atoms with Crippen molar-refractivity contribution >= 4 is 39.4 Å². The normalized spacial score (nSPS) is 10.9. The van der Waals surface area contributed by atoms with Gasteiger partial charge in [0.2, 0.25) is 0 Å². The van der Waals surface area contributed by atoms with Crippen LogP contribution in [-0.2, 0) is 7.05 Å². The van der Waals surface area contributed by atoms with Crippen molar-refractivity contribution < 1.29 is 0 Å². The molecule has 0 spiro atoms. The molecule has 0 unspecified atom stereocenters. The van der Waals surface area contributed by atoms with Crippen molar-refractivity contribution in [1.29, 1.82) is 0 Å². The molecule has 0 fully saturated rings. The number of aryl methyl sites for hydroxylation is 1. The zero-order valence-corrected chi connectivity index (χ0v) is 9.73. The van der Waals surface area contributed by atoms with Crippen molar-refractivity contribution in [2.45, 2.75) is 0 Å². The Hall–Kier alpha value is -2.12. The molecule has 3 aromatic heterocycles. The summed E-state index contributed by atoms with van der Waals surface area (Å²) in [5, 5.41) is 2.43. The number of pyridine rings is 2. The molecule has 0 aliphatic rings. The van der Waals surface area contributed by atoms with Gasteiger partial charge in [-0.2, -0.15) is 0 Å². The lowest BCUT2D eigenvalue weighted by Crippen LogP contribution is -1.89. The highest BCUT2D eigenvalue weighted by Gasteiger charge is 2.13. The summed E-state index contributed by atoms with van der Waals surface area (Å²) in [6.07, 6.45) is 3.35. The minimum Gasteiger partial charge on any atom is -0.361 e. The lowest BCUT2D eigenvalue weighted by molar-refractivity contribution is 0.986. The second-order valence-electron chi connectivity index (χ2n) is 3.72. The zero-order chi connectivity index (χ0) is 12.0. The van der Waals surface area contributed by atoms with Gasteiger partial charge in [0.15, 0.2) is 0 Å². The monoisotopic (exact) mass is 242 g/mol. The highest BCUT2D eigenvalue weighted by Crippen LogP contribution is 2.33. The van der Waals surface area contributed by atoms with Crippen molar-refractivity contribution in [2.24, 2.45) is 7.05 Å². The molecular formula is C12H7ClN4. The Labute approximate surface area is 102 Å². The standard InChI is InChI=1S/C12H7ClN4/c1-14-10-5-7-9(6-16-10)17(2)12-11(7)8(13)3-4-15-12/h3-6H,2H3. The zero-order valence-electron chi connectivity index (χ0n) is 8.98. The molecule has 0 aromatic carbocycles. The van der Waals surface area contributed by atoms with Crippen LogP contribution in [0.2, 0.25) is 5.02 Å². The number of rotatable bonds is 0. The Morgan fingerprint density at radius 3 is 3.00 bits per heavy atom. The van der Waals surface area contributed by atoms with Gasteiger partial charge in [-0.05, 0) is 12.1 Å². The highest BCUT2D eigenvalue weighted by molar-refractivity contribution is 6.37. The van der Waals surface area contributed by atoms with Crippen LogP contribution in [0.1, 0.15) is 0 Å². The fourth-order valence-corrected chi connectivity index (χ4v) is 2.25. The molecule has 5 heteroatoms. The largest absolute Gasteiger partial charge is 0.361 e. The van der Waals surface area contributed by atoms with E-state index in [1.807, 2.05) is 11.6 Å². The number of fused-ring (bicyclic) bond motifs is 3. The van der Waals surface area contributed by atoms with Crippen LogP contribution in [0.3, 0.4) is 0 Å². The lowest BCUT2D eigenvalue weighted by Gasteiger charge is -1.95. The van der Waals surface area contributed by atoms with E-state index in [9.17, 15) is 0 Å². The minimum atomic E-state index is 0.366. The molecule has 3 aromatic rings. The van der Waals surface area contributed by atoms with Crippen LogP contribution in [0.4, 0.5) is 5.82 Å². The van der Waals surface area contributed by atoms with Crippen LogP contribution in [0.25, 0.3) is 26.8 Å². The molecule has 0 saturated heterocycles. The van der Waals surface area contributed by atoms with Crippen LogP contribution in [0.15, 0.2) is 24.5 Å². The Bertz CT molecular complexity index is 782. The summed E-state index contributed by atoms with van der Waals surface area (Å²) in [6.45, 7) is 6.99.